The largest absolute Gasteiger partial charge is 0.252 e. The maximum absolute atomic E-state index is 4.18. The molecule has 0 unspecified atom stereocenters. The van der Waals surface area contributed by atoms with Gasteiger partial charge in [0.25, 0.3) is 0 Å². The molecule has 0 N–H and O–H groups in total. The smallest absolute Gasteiger partial charge is 0.123 e. The van der Waals surface area contributed by atoms with Crippen LogP contribution < -0.4 is 0 Å². The van der Waals surface area contributed by atoms with Crippen molar-refractivity contribution in [1.82, 2.24) is 15.0 Å². The predicted octanol–water partition coefficient (Wildman–Crippen LogP) is 3.18. The third-order valence-corrected chi connectivity index (χ3v) is 4.15. The summed E-state index contributed by atoms with van der Waals surface area (Å²) in [6.07, 6.45) is 4.73. The van der Waals surface area contributed by atoms with Crippen LogP contribution in [-0.4, -0.2) is 15.0 Å². The molecule has 0 amide bonds. The number of nitrogens with zero attached hydrogens (tertiary/aromatic N) is 3. The summed E-state index contributed by atoms with van der Waals surface area (Å²) in [6.45, 7) is 1.03. The summed E-state index contributed by atoms with van der Waals surface area (Å²) in [4.78, 5) is 1.17. The molecule has 2 aromatic rings. The lowest BCUT2D eigenvalue weighted by atomic mass is 10.4. The van der Waals surface area contributed by atoms with Gasteiger partial charge in [0.1, 0.15) is 5.69 Å². The highest BCUT2D eigenvalue weighted by Gasteiger charge is 2.22. The Balaban J connectivity index is 1.82. The van der Waals surface area contributed by atoms with E-state index in [1.54, 1.807) is 11.3 Å². The molecule has 0 radical (unpaired) electrons. The van der Waals surface area contributed by atoms with E-state index in [1.807, 2.05) is 16.9 Å². The van der Waals surface area contributed by atoms with Crippen LogP contribution in [0.3, 0.4) is 0 Å². The molecule has 0 aromatic carbocycles. The monoisotopic (exact) mass is 283 g/mol. The fourth-order valence-corrected chi connectivity index (χ4v) is 2.85. The normalized spacial score (nSPS) is 15.8. The minimum atomic E-state index is 0.842. The molecule has 78 valence electrons. The highest BCUT2D eigenvalue weighted by atomic mass is 79.9. The molecule has 1 fully saturated rings. The highest BCUT2D eigenvalue weighted by molar-refractivity contribution is 9.11. The standard InChI is InChI=1S/C10H10BrN3S/c11-10-4-3-9(15-10)8-6-14(13-12-8)5-7-1-2-7/h3-4,6-7H,1-2,5H2. The van der Waals surface area contributed by atoms with Gasteiger partial charge in [-0.2, -0.15) is 0 Å². The van der Waals surface area contributed by atoms with E-state index in [-0.39, 0.29) is 0 Å². The lowest BCUT2D eigenvalue weighted by Crippen LogP contribution is -1.99. The van der Waals surface area contributed by atoms with Crippen LogP contribution in [0.1, 0.15) is 12.8 Å². The third-order valence-electron chi connectivity index (χ3n) is 2.51. The van der Waals surface area contributed by atoms with Crippen molar-refractivity contribution in [2.45, 2.75) is 19.4 Å². The molecule has 5 heteroatoms. The molecular weight excluding hydrogens is 274 g/mol. The fourth-order valence-electron chi connectivity index (χ4n) is 1.52. The van der Waals surface area contributed by atoms with Crippen molar-refractivity contribution in [1.29, 1.82) is 0 Å². The SMILES string of the molecule is Brc1ccc(-c2cn(CC3CC3)nn2)s1. The van der Waals surface area contributed by atoms with Gasteiger partial charge < -0.3 is 0 Å². The molecule has 15 heavy (non-hydrogen) atoms. The first-order chi connectivity index (χ1) is 7.31. The topological polar surface area (TPSA) is 30.7 Å². The molecule has 0 bridgehead atoms. The van der Waals surface area contributed by atoms with Crippen LogP contribution in [0.5, 0.6) is 0 Å². The van der Waals surface area contributed by atoms with Gasteiger partial charge in [0.05, 0.1) is 14.9 Å². The van der Waals surface area contributed by atoms with Crippen molar-refractivity contribution >= 4 is 27.3 Å². The number of hydrogen-bond donors (Lipinski definition) is 0. The van der Waals surface area contributed by atoms with Gasteiger partial charge in [-0.25, -0.2) is 0 Å². The Kier molecular flexibility index (Phi) is 2.36. The predicted molar refractivity (Wildman–Crippen MR) is 63.8 cm³/mol. The third kappa shape index (κ3) is 2.13. The van der Waals surface area contributed by atoms with E-state index >= 15 is 0 Å². The van der Waals surface area contributed by atoms with Crippen LogP contribution in [0.2, 0.25) is 0 Å². The van der Waals surface area contributed by atoms with Gasteiger partial charge in [0.15, 0.2) is 0 Å². The zero-order valence-corrected chi connectivity index (χ0v) is 10.5. The Morgan fingerprint density at radius 3 is 3.00 bits per heavy atom. The first-order valence-corrected chi connectivity index (χ1v) is 6.58. The summed E-state index contributed by atoms with van der Waals surface area (Å²) in [5.74, 6) is 0.842. The molecule has 0 spiro atoms. The van der Waals surface area contributed by atoms with E-state index in [0.717, 1.165) is 21.9 Å². The maximum Gasteiger partial charge on any atom is 0.123 e. The zero-order chi connectivity index (χ0) is 10.3. The first-order valence-electron chi connectivity index (χ1n) is 4.97. The molecule has 0 atom stereocenters. The second-order valence-corrected chi connectivity index (χ2v) is 6.34. The Labute approximate surface area is 100 Å². The second-order valence-electron chi connectivity index (χ2n) is 3.87. The minimum absolute atomic E-state index is 0.842. The maximum atomic E-state index is 4.18. The van der Waals surface area contributed by atoms with E-state index in [2.05, 4.69) is 32.3 Å². The summed E-state index contributed by atoms with van der Waals surface area (Å²) in [7, 11) is 0. The number of thiophene rings is 1. The van der Waals surface area contributed by atoms with Crippen molar-refractivity contribution in [3.05, 3.63) is 22.1 Å². The van der Waals surface area contributed by atoms with Gasteiger partial charge in [-0.05, 0) is 46.8 Å². The molecule has 3 rings (SSSR count). The average Bonchev–Trinajstić information content (AvgIpc) is 2.74. The number of rotatable bonds is 3. The number of aromatic nitrogens is 3. The van der Waals surface area contributed by atoms with Crippen molar-refractivity contribution in [2.24, 2.45) is 5.92 Å². The Bertz CT molecular complexity index is 472. The van der Waals surface area contributed by atoms with E-state index in [4.69, 9.17) is 0 Å². The number of hydrogen-bond acceptors (Lipinski definition) is 3. The molecule has 3 nitrogen and oxygen atoms in total. The van der Waals surface area contributed by atoms with Crippen LogP contribution in [0.25, 0.3) is 10.6 Å². The summed E-state index contributed by atoms with van der Waals surface area (Å²) < 4.78 is 3.09. The molecular formula is C10H10BrN3S. The zero-order valence-electron chi connectivity index (χ0n) is 8.06. The Hall–Kier alpha value is -0.680. The first kappa shape index (κ1) is 9.54. The lowest BCUT2D eigenvalue weighted by molar-refractivity contribution is 0.544. The van der Waals surface area contributed by atoms with Crippen LogP contribution in [0, 0.1) is 5.92 Å². The van der Waals surface area contributed by atoms with Crippen molar-refractivity contribution in [2.75, 3.05) is 0 Å². The van der Waals surface area contributed by atoms with Gasteiger partial charge in [0, 0.05) is 6.54 Å². The van der Waals surface area contributed by atoms with Crippen molar-refractivity contribution < 1.29 is 0 Å². The van der Waals surface area contributed by atoms with Crippen LogP contribution in [0.4, 0.5) is 0 Å². The van der Waals surface area contributed by atoms with Crippen molar-refractivity contribution in [3.8, 4) is 10.6 Å². The quantitative estimate of drug-likeness (QED) is 0.866. The average molecular weight is 284 g/mol. The molecule has 1 saturated carbocycles. The van der Waals surface area contributed by atoms with Gasteiger partial charge >= 0.3 is 0 Å². The number of halogens is 1. The van der Waals surface area contributed by atoms with Gasteiger partial charge in [-0.15, -0.1) is 16.4 Å². The minimum Gasteiger partial charge on any atom is -0.252 e. The van der Waals surface area contributed by atoms with Gasteiger partial charge in [-0.3, -0.25) is 4.68 Å². The van der Waals surface area contributed by atoms with E-state index in [1.165, 1.54) is 17.7 Å². The van der Waals surface area contributed by atoms with E-state index in [0.29, 0.717) is 0 Å². The summed E-state index contributed by atoms with van der Waals surface area (Å²) >= 11 is 5.14. The molecule has 0 aliphatic heterocycles. The van der Waals surface area contributed by atoms with Crippen LogP contribution >= 0.6 is 27.3 Å². The lowest BCUT2D eigenvalue weighted by Gasteiger charge is -1.94. The van der Waals surface area contributed by atoms with Crippen molar-refractivity contribution in [3.63, 3.8) is 0 Å². The van der Waals surface area contributed by atoms with Crippen LogP contribution in [-0.2, 0) is 6.54 Å². The van der Waals surface area contributed by atoms with Gasteiger partial charge in [-0.1, -0.05) is 5.21 Å². The summed E-state index contributed by atoms with van der Waals surface area (Å²) in [5, 5.41) is 8.32. The summed E-state index contributed by atoms with van der Waals surface area (Å²) in [6, 6.07) is 4.11. The Morgan fingerprint density at radius 1 is 1.47 bits per heavy atom. The molecule has 1 aliphatic rings. The molecule has 0 saturated heterocycles. The molecule has 2 aromatic heterocycles. The van der Waals surface area contributed by atoms with Gasteiger partial charge in [0.2, 0.25) is 0 Å². The van der Waals surface area contributed by atoms with E-state index in [9.17, 15) is 0 Å². The molecule has 2 heterocycles. The molecule has 1 aliphatic carbocycles. The highest BCUT2D eigenvalue weighted by Crippen LogP contribution is 2.32. The Morgan fingerprint density at radius 2 is 2.33 bits per heavy atom. The summed E-state index contributed by atoms with van der Waals surface area (Å²) in [5.41, 5.74) is 0.978. The fraction of sp³-hybridized carbons (Fsp3) is 0.400. The van der Waals surface area contributed by atoms with Crippen LogP contribution in [0.15, 0.2) is 22.1 Å². The second kappa shape index (κ2) is 3.72. The van der Waals surface area contributed by atoms with E-state index < -0.39 is 0 Å².